The second-order valence-corrected chi connectivity index (χ2v) is 11.8. The second kappa shape index (κ2) is 9.41. The third-order valence-corrected chi connectivity index (χ3v) is 9.27. The zero-order chi connectivity index (χ0) is 26.6. The van der Waals surface area contributed by atoms with Crippen LogP contribution in [0, 0.1) is 23.2 Å². The largest absolute Gasteiger partial charge is 0.417 e. The van der Waals surface area contributed by atoms with Crippen molar-refractivity contribution in [3.8, 4) is 0 Å². The van der Waals surface area contributed by atoms with Gasteiger partial charge in [-0.15, -0.1) is 0 Å². The van der Waals surface area contributed by atoms with E-state index in [1.807, 2.05) is 18.7 Å². The van der Waals surface area contributed by atoms with Crippen LogP contribution < -0.4 is 15.7 Å². The third kappa shape index (κ3) is 4.80. The van der Waals surface area contributed by atoms with E-state index in [1.54, 1.807) is 0 Å². The summed E-state index contributed by atoms with van der Waals surface area (Å²) in [6, 6.07) is 2.53. The number of amides is 2. The molecule has 0 aromatic carbocycles. The number of halogens is 3. The van der Waals surface area contributed by atoms with E-state index in [0.717, 1.165) is 44.4 Å². The molecule has 2 amide bonds. The number of pyridine rings is 1. The quantitative estimate of drug-likeness (QED) is 0.558. The smallest absolute Gasteiger partial charge is 0.354 e. The molecule has 0 radical (unpaired) electrons. The van der Waals surface area contributed by atoms with Crippen molar-refractivity contribution in [2.24, 2.45) is 23.2 Å². The van der Waals surface area contributed by atoms with Crippen LogP contribution in [0.4, 0.5) is 19.0 Å². The minimum atomic E-state index is -4.41. The highest BCUT2D eigenvalue weighted by Gasteiger charge is 2.59. The molecule has 37 heavy (non-hydrogen) atoms. The SMILES string of the molecule is CONC(=O)C12CC3CC(C1)C(NC(=O)C(C)(C)N1CCN(c4ccc(C(F)(F)F)cn4)CC1)C(C3)C2. The number of aromatic nitrogens is 1. The van der Waals surface area contributed by atoms with Gasteiger partial charge in [-0.05, 0) is 75.8 Å². The number of hydrogen-bond acceptors (Lipinski definition) is 6. The van der Waals surface area contributed by atoms with Crippen LogP contribution in [0.1, 0.15) is 51.5 Å². The first-order valence-corrected chi connectivity index (χ1v) is 13.1. The van der Waals surface area contributed by atoms with Crippen LogP contribution in [0.25, 0.3) is 0 Å². The van der Waals surface area contributed by atoms with Gasteiger partial charge >= 0.3 is 6.18 Å². The molecule has 11 heteroatoms. The van der Waals surface area contributed by atoms with Crippen LogP contribution in [0.3, 0.4) is 0 Å². The van der Waals surface area contributed by atoms with E-state index >= 15 is 0 Å². The molecule has 1 aromatic heterocycles. The van der Waals surface area contributed by atoms with Crippen molar-refractivity contribution in [2.75, 3.05) is 38.2 Å². The van der Waals surface area contributed by atoms with Gasteiger partial charge in [-0.25, -0.2) is 10.5 Å². The summed E-state index contributed by atoms with van der Waals surface area (Å²) in [6.45, 7) is 6.20. The lowest BCUT2D eigenvalue weighted by molar-refractivity contribution is -0.161. The highest BCUT2D eigenvalue weighted by atomic mass is 19.4. The molecule has 2 unspecified atom stereocenters. The zero-order valence-electron chi connectivity index (χ0n) is 21.6. The predicted molar refractivity (Wildman–Crippen MR) is 130 cm³/mol. The molecule has 4 aliphatic carbocycles. The van der Waals surface area contributed by atoms with Gasteiger partial charge in [0, 0.05) is 38.4 Å². The fourth-order valence-corrected chi connectivity index (χ4v) is 7.45. The van der Waals surface area contributed by atoms with Gasteiger partial charge in [0.25, 0.3) is 0 Å². The molecule has 5 aliphatic rings. The van der Waals surface area contributed by atoms with E-state index in [9.17, 15) is 22.8 Å². The topological polar surface area (TPSA) is 86.8 Å². The number of alkyl halides is 3. The van der Waals surface area contributed by atoms with Crippen molar-refractivity contribution in [1.82, 2.24) is 20.7 Å². The van der Waals surface area contributed by atoms with E-state index in [4.69, 9.17) is 4.84 Å². The first kappa shape index (κ1) is 26.2. The summed E-state index contributed by atoms with van der Waals surface area (Å²) in [4.78, 5) is 39.4. The van der Waals surface area contributed by atoms with Gasteiger partial charge in [-0.3, -0.25) is 19.3 Å². The maximum absolute atomic E-state index is 13.6. The van der Waals surface area contributed by atoms with E-state index in [1.165, 1.54) is 13.2 Å². The van der Waals surface area contributed by atoms with Crippen molar-refractivity contribution in [2.45, 2.75) is 63.7 Å². The first-order valence-electron chi connectivity index (χ1n) is 13.1. The summed E-state index contributed by atoms with van der Waals surface area (Å²) in [6.07, 6.45) is 1.01. The summed E-state index contributed by atoms with van der Waals surface area (Å²) in [7, 11) is 1.46. The minimum Gasteiger partial charge on any atom is -0.354 e. The van der Waals surface area contributed by atoms with Crippen LogP contribution >= 0.6 is 0 Å². The standard InChI is InChI=1S/C26H36F3N5O3/c1-24(2,34-8-6-33(7-9-34)20-5-4-19(15-30-20)26(27,28)29)22(35)31-21-17-10-16-11-18(21)14-25(12-16,13-17)23(36)32-37-3/h4-5,15-18,21H,6-14H2,1-3H3,(H,31,35)(H,32,36). The van der Waals surface area contributed by atoms with Crippen molar-refractivity contribution in [1.29, 1.82) is 0 Å². The number of anilines is 1. The molecule has 1 saturated heterocycles. The van der Waals surface area contributed by atoms with Crippen LogP contribution in [0.15, 0.2) is 18.3 Å². The van der Waals surface area contributed by atoms with Gasteiger partial charge in [0.05, 0.1) is 23.6 Å². The molecule has 2 heterocycles. The zero-order valence-corrected chi connectivity index (χ0v) is 21.6. The maximum atomic E-state index is 13.6. The Morgan fingerprint density at radius 2 is 1.70 bits per heavy atom. The number of hydrogen-bond donors (Lipinski definition) is 2. The van der Waals surface area contributed by atoms with Crippen LogP contribution in [-0.4, -0.2) is 66.6 Å². The van der Waals surface area contributed by atoms with Gasteiger partial charge in [0.15, 0.2) is 0 Å². The molecule has 8 nitrogen and oxygen atoms in total. The van der Waals surface area contributed by atoms with E-state index < -0.39 is 17.3 Å². The lowest BCUT2D eigenvalue weighted by Gasteiger charge is -2.59. The summed E-state index contributed by atoms with van der Waals surface area (Å²) in [5.74, 6) is 1.57. The minimum absolute atomic E-state index is 0.0125. The molecule has 0 spiro atoms. The van der Waals surface area contributed by atoms with Crippen LogP contribution in [0.5, 0.6) is 0 Å². The Morgan fingerprint density at radius 3 is 2.24 bits per heavy atom. The lowest BCUT2D eigenvalue weighted by atomic mass is 9.47. The molecule has 2 N–H and O–H groups in total. The van der Waals surface area contributed by atoms with Crippen molar-refractivity contribution in [3.05, 3.63) is 23.9 Å². The van der Waals surface area contributed by atoms with Crippen LogP contribution in [-0.2, 0) is 20.6 Å². The fraction of sp³-hybridized carbons (Fsp3) is 0.731. The molecule has 5 fully saturated rings. The summed E-state index contributed by atoms with van der Waals surface area (Å²) in [5.41, 5.74) is 0.678. The molecule has 1 aliphatic heterocycles. The Hall–Kier alpha value is -2.40. The molecular weight excluding hydrogens is 487 g/mol. The number of rotatable bonds is 6. The molecule has 4 saturated carbocycles. The van der Waals surface area contributed by atoms with E-state index in [2.05, 4.69) is 20.7 Å². The Labute approximate surface area is 215 Å². The summed E-state index contributed by atoms with van der Waals surface area (Å²) >= 11 is 0. The predicted octanol–water partition coefficient (Wildman–Crippen LogP) is 2.99. The van der Waals surface area contributed by atoms with Gasteiger partial charge in [0.2, 0.25) is 11.8 Å². The second-order valence-electron chi connectivity index (χ2n) is 11.8. The van der Waals surface area contributed by atoms with Crippen molar-refractivity contribution < 1.29 is 27.6 Å². The van der Waals surface area contributed by atoms with E-state index in [-0.39, 0.29) is 35.1 Å². The fourth-order valence-electron chi connectivity index (χ4n) is 7.45. The van der Waals surface area contributed by atoms with Gasteiger partial charge in [-0.1, -0.05) is 0 Å². The van der Waals surface area contributed by atoms with Gasteiger partial charge < -0.3 is 10.2 Å². The normalized spacial score (nSPS) is 31.9. The number of nitrogens with one attached hydrogen (secondary N) is 2. The third-order valence-electron chi connectivity index (χ3n) is 9.27. The molecule has 4 bridgehead atoms. The monoisotopic (exact) mass is 523 g/mol. The number of carbonyl (C=O) groups is 2. The Balaban J connectivity index is 1.19. The molecule has 1 aromatic rings. The molecule has 6 rings (SSSR count). The number of hydroxylamine groups is 1. The summed E-state index contributed by atoms with van der Waals surface area (Å²) in [5, 5.41) is 3.37. The maximum Gasteiger partial charge on any atom is 0.417 e. The number of carbonyl (C=O) groups excluding carboxylic acids is 2. The molecule has 2 atom stereocenters. The number of piperazine rings is 1. The number of nitrogens with zero attached hydrogens (tertiary/aromatic N) is 3. The van der Waals surface area contributed by atoms with Crippen molar-refractivity contribution in [3.63, 3.8) is 0 Å². The highest BCUT2D eigenvalue weighted by molar-refractivity contribution is 5.86. The molecule has 204 valence electrons. The highest BCUT2D eigenvalue weighted by Crippen LogP contribution is 2.60. The van der Waals surface area contributed by atoms with Crippen molar-refractivity contribution >= 4 is 17.6 Å². The Kier molecular flexibility index (Phi) is 6.67. The average molecular weight is 524 g/mol. The van der Waals surface area contributed by atoms with Crippen LogP contribution in [0.2, 0.25) is 0 Å². The van der Waals surface area contributed by atoms with E-state index in [0.29, 0.717) is 37.9 Å². The first-order chi connectivity index (χ1) is 17.4. The Morgan fingerprint density at radius 1 is 1.05 bits per heavy atom. The lowest BCUT2D eigenvalue weighted by Crippen LogP contribution is -2.66. The average Bonchev–Trinajstić information content (AvgIpc) is 2.85. The summed E-state index contributed by atoms with van der Waals surface area (Å²) < 4.78 is 38.5. The van der Waals surface area contributed by atoms with Gasteiger partial charge in [0.1, 0.15) is 5.82 Å². The Bertz CT molecular complexity index is 1010. The van der Waals surface area contributed by atoms with Gasteiger partial charge in [-0.2, -0.15) is 13.2 Å². The molecular formula is C26H36F3N5O3.